The number of carbonyl (C=O) groups excluding carboxylic acids is 3. The van der Waals surface area contributed by atoms with Crippen LogP contribution < -0.4 is 0 Å². The van der Waals surface area contributed by atoms with Crippen molar-refractivity contribution in [2.75, 3.05) is 7.11 Å². The minimum Gasteiger partial charge on any atom is -0.469 e. The average molecular weight is 237 g/mol. The standard InChI is InChI=1S/C11H16BNO4/c1-12-13-9(14)7-4-3-6(11(16)17-2)5-8(7)10(13)15/h6-8,12H,3-5H2,1-2H3. The van der Waals surface area contributed by atoms with Crippen molar-refractivity contribution in [3.8, 4) is 0 Å². The van der Waals surface area contributed by atoms with Crippen LogP contribution in [-0.2, 0) is 19.1 Å². The smallest absolute Gasteiger partial charge is 0.308 e. The van der Waals surface area contributed by atoms with Crippen LogP contribution in [0, 0.1) is 17.8 Å². The molecule has 1 aliphatic carbocycles. The first-order chi connectivity index (χ1) is 8.10. The summed E-state index contributed by atoms with van der Waals surface area (Å²) in [5.41, 5.74) is 0. The van der Waals surface area contributed by atoms with Gasteiger partial charge in [0.15, 0.2) is 0 Å². The van der Waals surface area contributed by atoms with E-state index in [9.17, 15) is 14.4 Å². The lowest BCUT2D eigenvalue weighted by Crippen LogP contribution is -2.33. The molecule has 0 bridgehead atoms. The van der Waals surface area contributed by atoms with Crippen molar-refractivity contribution in [3.05, 3.63) is 0 Å². The van der Waals surface area contributed by atoms with Gasteiger partial charge >= 0.3 is 5.97 Å². The molecule has 0 radical (unpaired) electrons. The van der Waals surface area contributed by atoms with E-state index in [2.05, 4.69) is 0 Å². The van der Waals surface area contributed by atoms with Gasteiger partial charge in [-0.25, -0.2) is 0 Å². The largest absolute Gasteiger partial charge is 0.469 e. The molecule has 2 rings (SSSR count). The molecule has 1 saturated carbocycles. The fraction of sp³-hybridized carbons (Fsp3) is 0.727. The number of imide groups is 1. The first-order valence-corrected chi connectivity index (χ1v) is 6.03. The highest BCUT2D eigenvalue weighted by atomic mass is 16.5. The summed E-state index contributed by atoms with van der Waals surface area (Å²) in [5, 5.41) is 0. The lowest BCUT2D eigenvalue weighted by Gasteiger charge is -2.26. The molecular weight excluding hydrogens is 221 g/mol. The molecule has 3 atom stereocenters. The second-order valence-corrected chi connectivity index (χ2v) is 4.67. The van der Waals surface area contributed by atoms with Gasteiger partial charge in [-0.05, 0) is 19.3 Å². The number of methoxy groups -OCH3 is 1. The van der Waals surface area contributed by atoms with Crippen molar-refractivity contribution in [1.29, 1.82) is 0 Å². The zero-order valence-electron chi connectivity index (χ0n) is 10.1. The van der Waals surface area contributed by atoms with Crippen LogP contribution in [0.4, 0.5) is 0 Å². The third-order valence-electron chi connectivity index (χ3n) is 3.87. The molecule has 2 aliphatic rings. The summed E-state index contributed by atoms with van der Waals surface area (Å²) >= 11 is 0. The summed E-state index contributed by atoms with van der Waals surface area (Å²) in [7, 11) is 1.78. The van der Waals surface area contributed by atoms with Gasteiger partial charge in [-0.2, -0.15) is 0 Å². The number of rotatable bonds is 2. The number of nitrogens with zero attached hydrogens (tertiary/aromatic N) is 1. The Balaban J connectivity index is 2.14. The predicted molar refractivity (Wildman–Crippen MR) is 61.2 cm³/mol. The zero-order valence-corrected chi connectivity index (χ0v) is 10.1. The van der Waals surface area contributed by atoms with E-state index in [0.717, 1.165) is 0 Å². The summed E-state index contributed by atoms with van der Waals surface area (Å²) in [6.07, 6.45) is 1.72. The fourth-order valence-corrected chi connectivity index (χ4v) is 2.94. The van der Waals surface area contributed by atoms with Crippen molar-refractivity contribution in [3.63, 3.8) is 0 Å². The number of hydrogen-bond acceptors (Lipinski definition) is 4. The van der Waals surface area contributed by atoms with Crippen LogP contribution in [-0.4, -0.2) is 37.1 Å². The molecule has 2 fully saturated rings. The number of esters is 1. The maximum Gasteiger partial charge on any atom is 0.308 e. The predicted octanol–water partition coefficient (Wildman–Crippen LogP) is -0.0397. The normalized spacial score (nSPS) is 32.4. The molecule has 0 aromatic rings. The topological polar surface area (TPSA) is 63.7 Å². The fourth-order valence-electron chi connectivity index (χ4n) is 2.94. The molecule has 1 heterocycles. The highest BCUT2D eigenvalue weighted by Crippen LogP contribution is 2.40. The Morgan fingerprint density at radius 1 is 1.29 bits per heavy atom. The van der Waals surface area contributed by atoms with Crippen LogP contribution in [0.25, 0.3) is 0 Å². The number of ether oxygens (including phenoxy) is 1. The molecule has 5 nitrogen and oxygen atoms in total. The second-order valence-electron chi connectivity index (χ2n) is 4.67. The summed E-state index contributed by atoms with van der Waals surface area (Å²) in [6, 6.07) is 0. The van der Waals surface area contributed by atoms with Crippen LogP contribution in [0.1, 0.15) is 19.3 Å². The van der Waals surface area contributed by atoms with Crippen LogP contribution in [0.5, 0.6) is 0 Å². The van der Waals surface area contributed by atoms with Gasteiger partial charge in [-0.15, -0.1) is 0 Å². The summed E-state index contributed by atoms with van der Waals surface area (Å²) in [6.45, 7) is 1.80. The molecule has 0 aromatic carbocycles. The van der Waals surface area contributed by atoms with E-state index in [0.29, 0.717) is 26.7 Å². The third-order valence-corrected chi connectivity index (χ3v) is 3.87. The van der Waals surface area contributed by atoms with Crippen molar-refractivity contribution >= 4 is 25.2 Å². The highest BCUT2D eigenvalue weighted by molar-refractivity contribution is 6.42. The Kier molecular flexibility index (Phi) is 3.22. The molecule has 0 aromatic heterocycles. The number of carbonyl (C=O) groups is 3. The maximum atomic E-state index is 12.0. The molecule has 92 valence electrons. The first-order valence-electron chi connectivity index (χ1n) is 6.03. The van der Waals surface area contributed by atoms with Gasteiger partial charge in [0.25, 0.3) is 0 Å². The lowest BCUT2D eigenvalue weighted by atomic mass is 9.75. The van der Waals surface area contributed by atoms with Gasteiger partial charge < -0.3 is 9.55 Å². The number of fused-ring (bicyclic) bond motifs is 1. The van der Waals surface area contributed by atoms with Crippen molar-refractivity contribution in [1.82, 2.24) is 4.81 Å². The summed E-state index contributed by atoms with van der Waals surface area (Å²) in [5.74, 6) is -1.18. The minimum absolute atomic E-state index is 0.0641. The van der Waals surface area contributed by atoms with Crippen LogP contribution in [0.3, 0.4) is 0 Å². The van der Waals surface area contributed by atoms with Crippen molar-refractivity contribution in [2.45, 2.75) is 26.1 Å². The van der Waals surface area contributed by atoms with E-state index >= 15 is 0 Å². The van der Waals surface area contributed by atoms with E-state index in [1.807, 2.05) is 0 Å². The Bertz CT molecular complexity index is 370. The second kappa shape index (κ2) is 4.51. The highest BCUT2D eigenvalue weighted by Gasteiger charge is 2.50. The Morgan fingerprint density at radius 2 is 1.94 bits per heavy atom. The van der Waals surface area contributed by atoms with Crippen LogP contribution in [0.15, 0.2) is 0 Å². The van der Waals surface area contributed by atoms with E-state index in [1.54, 1.807) is 6.82 Å². The molecule has 17 heavy (non-hydrogen) atoms. The minimum atomic E-state index is -0.305. The SMILES string of the molecule is CBN1C(=O)C2CCC(C(=O)OC)CC2C1=O. The Labute approximate surface area is 101 Å². The van der Waals surface area contributed by atoms with Gasteiger partial charge in [0.2, 0.25) is 19.2 Å². The van der Waals surface area contributed by atoms with E-state index in [-0.39, 0.29) is 35.5 Å². The van der Waals surface area contributed by atoms with Gasteiger partial charge in [-0.3, -0.25) is 14.4 Å². The molecule has 0 spiro atoms. The van der Waals surface area contributed by atoms with Gasteiger partial charge in [0, 0.05) is 11.8 Å². The van der Waals surface area contributed by atoms with Crippen LogP contribution >= 0.6 is 0 Å². The van der Waals surface area contributed by atoms with Gasteiger partial charge in [-0.1, -0.05) is 6.82 Å². The van der Waals surface area contributed by atoms with Crippen molar-refractivity contribution in [2.24, 2.45) is 17.8 Å². The van der Waals surface area contributed by atoms with E-state index < -0.39 is 0 Å². The van der Waals surface area contributed by atoms with Gasteiger partial charge in [0.1, 0.15) is 0 Å². The summed E-state index contributed by atoms with van der Waals surface area (Å²) in [4.78, 5) is 36.7. The number of hydrogen-bond donors (Lipinski definition) is 0. The molecule has 0 N–H and O–H groups in total. The molecule has 6 heteroatoms. The Hall–Kier alpha value is -1.33. The third kappa shape index (κ3) is 1.85. The van der Waals surface area contributed by atoms with Crippen molar-refractivity contribution < 1.29 is 19.1 Å². The Morgan fingerprint density at radius 3 is 2.53 bits per heavy atom. The first kappa shape index (κ1) is 12.1. The molecule has 1 saturated heterocycles. The van der Waals surface area contributed by atoms with E-state index in [4.69, 9.17) is 4.74 Å². The quantitative estimate of drug-likeness (QED) is 0.384. The molecule has 3 unspecified atom stereocenters. The monoisotopic (exact) mass is 237 g/mol. The maximum absolute atomic E-state index is 12.0. The van der Waals surface area contributed by atoms with Gasteiger partial charge in [0.05, 0.1) is 13.0 Å². The average Bonchev–Trinajstić information content (AvgIpc) is 2.60. The summed E-state index contributed by atoms with van der Waals surface area (Å²) < 4.78 is 4.70. The number of amides is 2. The zero-order chi connectivity index (χ0) is 12.6. The molecular formula is C11H16BNO4. The lowest BCUT2D eigenvalue weighted by molar-refractivity contribution is -0.148. The molecule has 2 amide bonds. The molecule has 1 aliphatic heterocycles. The van der Waals surface area contributed by atoms with E-state index in [1.165, 1.54) is 11.9 Å². The van der Waals surface area contributed by atoms with Crippen LogP contribution in [0.2, 0.25) is 6.82 Å².